The van der Waals surface area contributed by atoms with Crippen LogP contribution < -0.4 is 0 Å². The Labute approximate surface area is 112 Å². The van der Waals surface area contributed by atoms with Gasteiger partial charge in [0.1, 0.15) is 6.04 Å². The number of amides is 1. The van der Waals surface area contributed by atoms with E-state index in [2.05, 4.69) is 6.07 Å². The topological polar surface area (TPSA) is 44.1 Å². The van der Waals surface area contributed by atoms with E-state index in [4.69, 9.17) is 5.26 Å². The Hall–Kier alpha value is -2.34. The van der Waals surface area contributed by atoms with Gasteiger partial charge in [-0.1, -0.05) is 30.3 Å². The maximum atomic E-state index is 12.4. The third-order valence-electron chi connectivity index (χ3n) is 3.66. The summed E-state index contributed by atoms with van der Waals surface area (Å²) in [7, 11) is 0. The molecule has 1 amide bonds. The van der Waals surface area contributed by atoms with Gasteiger partial charge in [0, 0.05) is 12.1 Å². The van der Waals surface area contributed by atoms with Gasteiger partial charge in [-0.05, 0) is 35.7 Å². The maximum Gasteiger partial charge on any atom is 0.254 e. The maximum absolute atomic E-state index is 12.4. The van der Waals surface area contributed by atoms with Gasteiger partial charge >= 0.3 is 0 Å². The Kier molecular flexibility index (Phi) is 2.92. The molecule has 0 bridgehead atoms. The van der Waals surface area contributed by atoms with E-state index in [1.807, 2.05) is 42.5 Å². The minimum Gasteiger partial charge on any atom is -0.323 e. The average Bonchev–Trinajstić information content (AvgIpc) is 2.94. The lowest BCUT2D eigenvalue weighted by atomic mass is 10.1. The van der Waals surface area contributed by atoms with Crippen molar-refractivity contribution in [1.82, 2.24) is 4.90 Å². The first-order chi connectivity index (χ1) is 9.29. The molecule has 1 heterocycles. The largest absolute Gasteiger partial charge is 0.323 e. The Bertz CT molecular complexity index is 672. The summed E-state index contributed by atoms with van der Waals surface area (Å²) in [5.41, 5.74) is 0.667. The highest BCUT2D eigenvalue weighted by molar-refractivity contribution is 5.99. The summed E-state index contributed by atoms with van der Waals surface area (Å²) in [4.78, 5) is 14.1. The predicted octanol–water partition coefficient (Wildman–Crippen LogP) is 2.97. The summed E-state index contributed by atoms with van der Waals surface area (Å²) in [5, 5.41) is 11.2. The van der Waals surface area contributed by atoms with Gasteiger partial charge in [0.05, 0.1) is 6.07 Å². The van der Waals surface area contributed by atoms with Crippen molar-refractivity contribution in [3.05, 3.63) is 48.0 Å². The zero-order valence-corrected chi connectivity index (χ0v) is 10.5. The zero-order valence-electron chi connectivity index (χ0n) is 10.5. The Morgan fingerprint density at radius 2 is 2.00 bits per heavy atom. The minimum absolute atomic E-state index is 0.0326. The molecule has 3 rings (SSSR count). The highest BCUT2D eigenvalue weighted by Crippen LogP contribution is 2.22. The lowest BCUT2D eigenvalue weighted by Gasteiger charge is -2.19. The normalized spacial score (nSPS) is 18.5. The van der Waals surface area contributed by atoms with Crippen LogP contribution in [0.1, 0.15) is 23.2 Å². The Morgan fingerprint density at radius 1 is 1.21 bits per heavy atom. The Balaban J connectivity index is 1.96. The Morgan fingerprint density at radius 3 is 2.79 bits per heavy atom. The number of carbonyl (C=O) groups is 1. The van der Waals surface area contributed by atoms with Gasteiger partial charge in [0.2, 0.25) is 0 Å². The molecule has 3 nitrogen and oxygen atoms in total. The molecule has 0 saturated carbocycles. The quantitative estimate of drug-likeness (QED) is 0.781. The van der Waals surface area contributed by atoms with E-state index in [1.54, 1.807) is 4.90 Å². The lowest BCUT2D eigenvalue weighted by Crippen LogP contribution is -2.34. The fourth-order valence-corrected chi connectivity index (χ4v) is 2.63. The minimum atomic E-state index is -0.265. The molecule has 1 atom stereocenters. The molecule has 0 N–H and O–H groups in total. The van der Waals surface area contributed by atoms with Crippen LogP contribution in [0.2, 0.25) is 0 Å². The molecule has 94 valence electrons. The molecular weight excluding hydrogens is 236 g/mol. The second-order valence-corrected chi connectivity index (χ2v) is 4.85. The highest BCUT2D eigenvalue weighted by atomic mass is 16.2. The van der Waals surface area contributed by atoms with E-state index in [9.17, 15) is 4.79 Å². The van der Waals surface area contributed by atoms with Crippen LogP contribution in [0.3, 0.4) is 0 Å². The SMILES string of the molecule is N#CC1CCCN1C(=O)c1ccc2ccccc2c1. The number of fused-ring (bicyclic) bond motifs is 1. The molecule has 0 spiro atoms. The molecule has 0 radical (unpaired) electrons. The van der Waals surface area contributed by atoms with Gasteiger partial charge in [0.25, 0.3) is 5.91 Å². The number of rotatable bonds is 1. The second-order valence-electron chi connectivity index (χ2n) is 4.85. The standard InChI is InChI=1S/C16H14N2O/c17-11-15-6-3-9-18(15)16(19)14-8-7-12-4-1-2-5-13(12)10-14/h1-2,4-5,7-8,10,15H,3,6,9H2. The van der Waals surface area contributed by atoms with Crippen molar-refractivity contribution in [2.45, 2.75) is 18.9 Å². The van der Waals surface area contributed by atoms with E-state index in [1.165, 1.54) is 0 Å². The van der Waals surface area contributed by atoms with E-state index in [-0.39, 0.29) is 11.9 Å². The highest BCUT2D eigenvalue weighted by Gasteiger charge is 2.29. The van der Waals surface area contributed by atoms with Crippen LogP contribution in [0.15, 0.2) is 42.5 Å². The van der Waals surface area contributed by atoms with E-state index in [0.29, 0.717) is 12.1 Å². The summed E-state index contributed by atoms with van der Waals surface area (Å²) in [6.45, 7) is 0.684. The molecule has 2 aromatic rings. The summed E-state index contributed by atoms with van der Waals surface area (Å²) in [5.74, 6) is -0.0326. The number of carbonyl (C=O) groups excluding carboxylic acids is 1. The van der Waals surface area contributed by atoms with Gasteiger partial charge in [-0.15, -0.1) is 0 Å². The first-order valence-electron chi connectivity index (χ1n) is 6.49. The number of nitrogens with zero attached hydrogens (tertiary/aromatic N) is 2. The third-order valence-corrected chi connectivity index (χ3v) is 3.66. The van der Waals surface area contributed by atoms with Crippen molar-refractivity contribution in [3.8, 4) is 6.07 Å². The molecular formula is C16H14N2O. The third kappa shape index (κ3) is 2.06. The number of likely N-dealkylation sites (tertiary alicyclic amines) is 1. The van der Waals surface area contributed by atoms with E-state index < -0.39 is 0 Å². The zero-order chi connectivity index (χ0) is 13.2. The van der Waals surface area contributed by atoms with Gasteiger partial charge in [-0.2, -0.15) is 5.26 Å². The molecule has 1 aliphatic rings. The second kappa shape index (κ2) is 4.74. The van der Waals surface area contributed by atoms with Crippen molar-refractivity contribution in [2.24, 2.45) is 0 Å². The average molecular weight is 250 g/mol. The van der Waals surface area contributed by atoms with Crippen molar-refractivity contribution in [1.29, 1.82) is 5.26 Å². The molecule has 1 aliphatic heterocycles. The molecule has 0 aromatic heterocycles. The van der Waals surface area contributed by atoms with E-state index in [0.717, 1.165) is 23.6 Å². The summed E-state index contributed by atoms with van der Waals surface area (Å²) in [6.07, 6.45) is 1.70. The van der Waals surface area contributed by atoms with Gasteiger partial charge in [0.15, 0.2) is 0 Å². The number of hydrogen-bond donors (Lipinski definition) is 0. The summed E-state index contributed by atoms with van der Waals surface area (Å²) >= 11 is 0. The first-order valence-corrected chi connectivity index (χ1v) is 6.49. The number of nitriles is 1. The smallest absolute Gasteiger partial charge is 0.254 e. The number of benzene rings is 2. The molecule has 3 heteroatoms. The molecule has 2 aromatic carbocycles. The fraction of sp³-hybridized carbons (Fsp3) is 0.250. The van der Waals surface area contributed by atoms with Crippen molar-refractivity contribution < 1.29 is 4.79 Å². The van der Waals surface area contributed by atoms with Crippen LogP contribution in [0.5, 0.6) is 0 Å². The van der Waals surface area contributed by atoms with Crippen molar-refractivity contribution in [2.75, 3.05) is 6.54 Å². The molecule has 0 aliphatic carbocycles. The van der Waals surface area contributed by atoms with Crippen LogP contribution in [0.4, 0.5) is 0 Å². The predicted molar refractivity (Wildman–Crippen MR) is 73.6 cm³/mol. The van der Waals surface area contributed by atoms with Crippen LogP contribution >= 0.6 is 0 Å². The summed E-state index contributed by atoms with van der Waals surface area (Å²) < 4.78 is 0. The fourth-order valence-electron chi connectivity index (χ4n) is 2.63. The van der Waals surface area contributed by atoms with Gasteiger partial charge in [-0.3, -0.25) is 4.79 Å². The molecule has 1 fully saturated rings. The molecule has 1 saturated heterocycles. The van der Waals surface area contributed by atoms with Crippen LogP contribution in [0, 0.1) is 11.3 Å². The monoisotopic (exact) mass is 250 g/mol. The summed E-state index contributed by atoms with van der Waals surface area (Å²) in [6, 6.07) is 15.6. The first kappa shape index (κ1) is 11.7. The van der Waals surface area contributed by atoms with Crippen LogP contribution in [-0.4, -0.2) is 23.4 Å². The van der Waals surface area contributed by atoms with Crippen LogP contribution in [0.25, 0.3) is 10.8 Å². The van der Waals surface area contributed by atoms with Gasteiger partial charge in [-0.25, -0.2) is 0 Å². The van der Waals surface area contributed by atoms with Crippen LogP contribution in [-0.2, 0) is 0 Å². The van der Waals surface area contributed by atoms with Crippen molar-refractivity contribution >= 4 is 16.7 Å². The van der Waals surface area contributed by atoms with Crippen molar-refractivity contribution in [3.63, 3.8) is 0 Å². The van der Waals surface area contributed by atoms with Gasteiger partial charge < -0.3 is 4.90 Å². The molecule has 1 unspecified atom stereocenters. The molecule has 19 heavy (non-hydrogen) atoms. The van der Waals surface area contributed by atoms with E-state index >= 15 is 0 Å². The lowest BCUT2D eigenvalue weighted by molar-refractivity contribution is 0.0765. The number of hydrogen-bond acceptors (Lipinski definition) is 2.